The number of hydrogen-bond acceptors (Lipinski definition) is 3. The maximum absolute atomic E-state index is 12.7. The zero-order chi connectivity index (χ0) is 13.1. The number of carbonyl (C=O) groups is 1. The topological polar surface area (TPSA) is 108 Å². The Morgan fingerprint density at radius 3 is 2.56 bits per heavy atom. The second kappa shape index (κ2) is 4.66. The molecule has 0 aliphatic rings. The van der Waals surface area contributed by atoms with E-state index in [9.17, 15) is 9.18 Å². The van der Waals surface area contributed by atoms with Crippen LogP contribution in [0.2, 0.25) is 0 Å². The highest BCUT2D eigenvalue weighted by atomic mass is 19.1. The van der Waals surface area contributed by atoms with Crippen LogP contribution in [0.25, 0.3) is 11.5 Å². The minimum atomic E-state index is -0.702. The predicted octanol–water partition coefficient (Wildman–Crippen LogP) is 0.894. The number of nitrogens with two attached hydrogens (primary N) is 2. The van der Waals surface area contributed by atoms with Crippen LogP contribution in [0.3, 0.4) is 0 Å². The van der Waals surface area contributed by atoms with Gasteiger partial charge in [-0.1, -0.05) is 0 Å². The lowest BCUT2D eigenvalue weighted by atomic mass is 10.2. The van der Waals surface area contributed by atoms with Crippen LogP contribution >= 0.6 is 0 Å². The van der Waals surface area contributed by atoms with Gasteiger partial charge in [0.1, 0.15) is 12.1 Å². The van der Waals surface area contributed by atoms with E-state index in [2.05, 4.69) is 9.98 Å². The van der Waals surface area contributed by atoms with E-state index >= 15 is 0 Å². The van der Waals surface area contributed by atoms with E-state index in [1.165, 1.54) is 24.3 Å². The SMILES string of the molecule is NC(N)=NC(=O)c1coc(-c2ccc(F)cc2)n1. The number of oxazole rings is 1. The molecule has 0 saturated carbocycles. The first-order valence-corrected chi connectivity index (χ1v) is 4.91. The Hall–Kier alpha value is -2.70. The largest absolute Gasteiger partial charge is 0.444 e. The quantitative estimate of drug-likeness (QED) is 0.606. The molecule has 1 heterocycles. The van der Waals surface area contributed by atoms with Crippen molar-refractivity contribution in [2.45, 2.75) is 0 Å². The molecule has 18 heavy (non-hydrogen) atoms. The second-order valence-corrected chi connectivity index (χ2v) is 3.39. The summed E-state index contributed by atoms with van der Waals surface area (Å²) in [6, 6.07) is 5.49. The molecule has 4 N–H and O–H groups in total. The lowest BCUT2D eigenvalue weighted by Crippen LogP contribution is -2.24. The maximum atomic E-state index is 12.7. The summed E-state index contributed by atoms with van der Waals surface area (Å²) in [5.41, 5.74) is 10.7. The Bertz CT molecular complexity index is 600. The highest BCUT2D eigenvalue weighted by Crippen LogP contribution is 2.19. The Labute approximate surface area is 101 Å². The molecule has 1 amide bonds. The van der Waals surface area contributed by atoms with E-state index < -0.39 is 5.91 Å². The molecule has 6 nitrogen and oxygen atoms in total. The number of rotatable bonds is 2. The maximum Gasteiger partial charge on any atom is 0.302 e. The lowest BCUT2D eigenvalue weighted by molar-refractivity contribution is 0.0998. The molecule has 0 fully saturated rings. The van der Waals surface area contributed by atoms with E-state index in [4.69, 9.17) is 15.9 Å². The third kappa shape index (κ3) is 2.51. The normalized spacial score (nSPS) is 10.1. The number of aliphatic imine (C=N–C) groups is 1. The monoisotopic (exact) mass is 248 g/mol. The van der Waals surface area contributed by atoms with Crippen molar-refractivity contribution < 1.29 is 13.6 Å². The van der Waals surface area contributed by atoms with E-state index in [0.717, 1.165) is 6.26 Å². The van der Waals surface area contributed by atoms with Gasteiger partial charge in [0, 0.05) is 5.56 Å². The van der Waals surface area contributed by atoms with Crippen LogP contribution in [-0.2, 0) is 0 Å². The van der Waals surface area contributed by atoms with Crippen LogP contribution in [0.1, 0.15) is 10.5 Å². The van der Waals surface area contributed by atoms with Gasteiger partial charge in [0.05, 0.1) is 0 Å². The predicted molar refractivity (Wildman–Crippen MR) is 62.0 cm³/mol. The molecule has 1 aromatic heterocycles. The van der Waals surface area contributed by atoms with Gasteiger partial charge in [-0.25, -0.2) is 9.37 Å². The molecular weight excluding hydrogens is 239 g/mol. The third-order valence-corrected chi connectivity index (χ3v) is 2.05. The molecular formula is C11H9FN4O2. The van der Waals surface area contributed by atoms with Gasteiger partial charge in [0.2, 0.25) is 5.89 Å². The summed E-state index contributed by atoms with van der Waals surface area (Å²) in [4.78, 5) is 18.6. The molecule has 0 atom stereocenters. The van der Waals surface area contributed by atoms with E-state index in [0.29, 0.717) is 5.56 Å². The number of amides is 1. The average molecular weight is 248 g/mol. The molecule has 0 radical (unpaired) electrons. The van der Waals surface area contributed by atoms with E-state index in [1.54, 1.807) is 0 Å². The van der Waals surface area contributed by atoms with Gasteiger partial charge in [-0.3, -0.25) is 4.79 Å². The molecule has 2 aromatic rings. The van der Waals surface area contributed by atoms with Crippen molar-refractivity contribution in [3.8, 4) is 11.5 Å². The van der Waals surface area contributed by atoms with Gasteiger partial charge in [0.25, 0.3) is 0 Å². The minimum absolute atomic E-state index is 0.0253. The number of nitrogens with zero attached hydrogens (tertiary/aromatic N) is 2. The first-order valence-electron chi connectivity index (χ1n) is 4.91. The summed E-state index contributed by atoms with van der Waals surface area (Å²) < 4.78 is 17.8. The smallest absolute Gasteiger partial charge is 0.302 e. The standard InChI is InChI=1S/C11H9FN4O2/c12-7-3-1-6(2-4-7)10-15-8(5-18-10)9(17)16-11(13)14/h1-5H,(H4,13,14,16,17). The number of aromatic nitrogens is 1. The van der Waals surface area contributed by atoms with Crippen LogP contribution < -0.4 is 11.5 Å². The zero-order valence-corrected chi connectivity index (χ0v) is 9.13. The van der Waals surface area contributed by atoms with Crippen molar-refractivity contribution in [2.75, 3.05) is 0 Å². The fraction of sp³-hybridized carbons (Fsp3) is 0. The minimum Gasteiger partial charge on any atom is -0.444 e. The fourth-order valence-electron chi connectivity index (χ4n) is 1.27. The molecule has 0 bridgehead atoms. The summed E-state index contributed by atoms with van der Waals surface area (Å²) in [6.45, 7) is 0. The zero-order valence-electron chi connectivity index (χ0n) is 9.13. The highest BCUT2D eigenvalue weighted by Gasteiger charge is 2.12. The first-order chi connectivity index (χ1) is 8.56. The Kier molecular flexibility index (Phi) is 3.05. The van der Waals surface area contributed by atoms with Crippen molar-refractivity contribution in [3.63, 3.8) is 0 Å². The van der Waals surface area contributed by atoms with Crippen molar-refractivity contribution >= 4 is 11.9 Å². The second-order valence-electron chi connectivity index (χ2n) is 3.39. The van der Waals surface area contributed by atoms with Gasteiger partial charge >= 0.3 is 5.91 Å². The number of guanidine groups is 1. The molecule has 92 valence electrons. The third-order valence-electron chi connectivity index (χ3n) is 2.05. The fourth-order valence-corrected chi connectivity index (χ4v) is 1.27. The van der Waals surface area contributed by atoms with Crippen molar-refractivity contribution in [1.29, 1.82) is 0 Å². The number of benzene rings is 1. The van der Waals surface area contributed by atoms with Gasteiger partial charge in [-0.2, -0.15) is 4.99 Å². The molecule has 0 spiro atoms. The Balaban J connectivity index is 2.28. The molecule has 2 rings (SSSR count). The van der Waals surface area contributed by atoms with E-state index in [-0.39, 0.29) is 23.4 Å². The highest BCUT2D eigenvalue weighted by molar-refractivity contribution is 6.00. The summed E-state index contributed by atoms with van der Waals surface area (Å²) in [7, 11) is 0. The average Bonchev–Trinajstić information content (AvgIpc) is 2.78. The molecule has 1 aromatic carbocycles. The lowest BCUT2D eigenvalue weighted by Gasteiger charge is -1.93. The number of carbonyl (C=O) groups excluding carboxylic acids is 1. The molecule has 7 heteroatoms. The Morgan fingerprint density at radius 2 is 1.94 bits per heavy atom. The summed E-state index contributed by atoms with van der Waals surface area (Å²) >= 11 is 0. The summed E-state index contributed by atoms with van der Waals surface area (Å²) in [6.07, 6.45) is 1.13. The Morgan fingerprint density at radius 1 is 1.28 bits per heavy atom. The molecule has 0 saturated heterocycles. The van der Waals surface area contributed by atoms with Crippen molar-refractivity contribution in [3.05, 3.63) is 42.0 Å². The number of hydrogen-bond donors (Lipinski definition) is 2. The van der Waals surface area contributed by atoms with Crippen LogP contribution in [-0.4, -0.2) is 16.9 Å². The van der Waals surface area contributed by atoms with Crippen LogP contribution in [0, 0.1) is 5.82 Å². The molecule has 0 aliphatic heterocycles. The van der Waals surface area contributed by atoms with E-state index in [1.807, 2.05) is 0 Å². The summed E-state index contributed by atoms with van der Waals surface area (Å²) in [5, 5.41) is 0. The number of halogens is 1. The molecule has 0 aliphatic carbocycles. The van der Waals surface area contributed by atoms with Crippen molar-refractivity contribution in [2.24, 2.45) is 16.5 Å². The van der Waals surface area contributed by atoms with Crippen molar-refractivity contribution in [1.82, 2.24) is 4.98 Å². The first kappa shape index (κ1) is 11.8. The van der Waals surface area contributed by atoms with Gasteiger partial charge < -0.3 is 15.9 Å². The summed E-state index contributed by atoms with van der Waals surface area (Å²) in [5.74, 6) is -1.25. The van der Waals surface area contributed by atoms with Crippen LogP contribution in [0.4, 0.5) is 4.39 Å². The van der Waals surface area contributed by atoms with Gasteiger partial charge in [0.15, 0.2) is 11.7 Å². The van der Waals surface area contributed by atoms with Crippen LogP contribution in [0.15, 0.2) is 39.9 Å². The van der Waals surface area contributed by atoms with Gasteiger partial charge in [-0.15, -0.1) is 0 Å². The van der Waals surface area contributed by atoms with Crippen LogP contribution in [0.5, 0.6) is 0 Å². The molecule has 0 unspecified atom stereocenters. The van der Waals surface area contributed by atoms with Gasteiger partial charge in [-0.05, 0) is 24.3 Å².